The standard InChI is InChI=1S/C29H33N3O5S/c1-6-29(3,4)31-28(36)26(21-9-7-10-23(17-21)37-5)32(22-14-12-20(13-15-22)19(2)33)25(34)18-30-27(35)24-11-8-16-38-24/h7-17,26H,6,18H2,1-5H3,(H,30,35)(H,31,36). The molecule has 200 valence electrons. The highest BCUT2D eigenvalue weighted by Crippen LogP contribution is 2.31. The first-order chi connectivity index (χ1) is 18.1. The second-order valence-corrected chi connectivity index (χ2v) is 10.4. The molecule has 2 N–H and O–H groups in total. The predicted molar refractivity (Wildman–Crippen MR) is 149 cm³/mol. The molecule has 0 saturated carbocycles. The van der Waals surface area contributed by atoms with E-state index in [1.807, 2.05) is 20.8 Å². The summed E-state index contributed by atoms with van der Waals surface area (Å²) in [7, 11) is 1.53. The summed E-state index contributed by atoms with van der Waals surface area (Å²) in [6, 6.07) is 15.8. The quantitative estimate of drug-likeness (QED) is 0.344. The van der Waals surface area contributed by atoms with Gasteiger partial charge in [0, 0.05) is 16.8 Å². The number of hydrogen-bond donors (Lipinski definition) is 2. The fourth-order valence-corrected chi connectivity index (χ4v) is 4.39. The Kier molecular flexibility index (Phi) is 9.41. The summed E-state index contributed by atoms with van der Waals surface area (Å²) >= 11 is 1.27. The molecular weight excluding hydrogens is 502 g/mol. The number of nitrogens with zero attached hydrogens (tertiary/aromatic N) is 1. The second-order valence-electron chi connectivity index (χ2n) is 9.43. The van der Waals surface area contributed by atoms with E-state index < -0.39 is 23.4 Å². The fraction of sp³-hybridized carbons (Fsp3) is 0.310. The Hall–Kier alpha value is -3.98. The van der Waals surface area contributed by atoms with Crippen LogP contribution in [0.2, 0.25) is 0 Å². The van der Waals surface area contributed by atoms with Gasteiger partial charge in [0.1, 0.15) is 11.8 Å². The number of hydrogen-bond acceptors (Lipinski definition) is 6. The van der Waals surface area contributed by atoms with Gasteiger partial charge < -0.3 is 15.4 Å². The molecule has 9 heteroatoms. The summed E-state index contributed by atoms with van der Waals surface area (Å²) in [4.78, 5) is 53.9. The molecule has 1 atom stereocenters. The summed E-state index contributed by atoms with van der Waals surface area (Å²) in [5.74, 6) is -0.860. The normalized spacial score (nSPS) is 11.8. The van der Waals surface area contributed by atoms with Crippen molar-refractivity contribution in [2.75, 3.05) is 18.6 Å². The fourth-order valence-electron chi connectivity index (χ4n) is 3.75. The molecule has 1 heterocycles. The van der Waals surface area contributed by atoms with Crippen LogP contribution in [-0.2, 0) is 9.59 Å². The average molecular weight is 536 g/mol. The number of amides is 3. The molecular formula is C29H33N3O5S. The van der Waals surface area contributed by atoms with E-state index in [1.165, 1.54) is 30.3 Å². The third-order valence-electron chi connectivity index (χ3n) is 6.23. The summed E-state index contributed by atoms with van der Waals surface area (Å²) < 4.78 is 5.39. The van der Waals surface area contributed by atoms with Crippen LogP contribution in [-0.4, -0.2) is 42.7 Å². The predicted octanol–water partition coefficient (Wildman–Crippen LogP) is 4.77. The zero-order valence-electron chi connectivity index (χ0n) is 22.2. The molecule has 0 aliphatic rings. The lowest BCUT2D eigenvalue weighted by Gasteiger charge is -2.35. The third-order valence-corrected chi connectivity index (χ3v) is 7.10. The van der Waals surface area contributed by atoms with E-state index in [2.05, 4.69) is 10.6 Å². The van der Waals surface area contributed by atoms with Crippen molar-refractivity contribution >= 4 is 40.5 Å². The number of rotatable bonds is 11. The molecule has 0 spiro atoms. The van der Waals surface area contributed by atoms with Crippen LogP contribution < -0.4 is 20.3 Å². The maximum Gasteiger partial charge on any atom is 0.261 e. The molecule has 38 heavy (non-hydrogen) atoms. The van der Waals surface area contributed by atoms with Crippen molar-refractivity contribution in [3.8, 4) is 5.75 Å². The van der Waals surface area contributed by atoms with Gasteiger partial charge in [0.15, 0.2) is 5.78 Å². The van der Waals surface area contributed by atoms with Gasteiger partial charge in [0.25, 0.3) is 5.91 Å². The minimum atomic E-state index is -1.08. The largest absolute Gasteiger partial charge is 0.497 e. The van der Waals surface area contributed by atoms with Crippen molar-refractivity contribution in [3.05, 3.63) is 82.0 Å². The highest BCUT2D eigenvalue weighted by molar-refractivity contribution is 7.12. The summed E-state index contributed by atoms with van der Waals surface area (Å²) in [6.07, 6.45) is 0.668. The van der Waals surface area contributed by atoms with Gasteiger partial charge in [-0.2, -0.15) is 0 Å². The van der Waals surface area contributed by atoms with Crippen molar-refractivity contribution in [2.45, 2.75) is 45.7 Å². The molecule has 2 aromatic carbocycles. The molecule has 0 bridgehead atoms. The van der Waals surface area contributed by atoms with Gasteiger partial charge in [0.05, 0.1) is 18.5 Å². The Labute approximate surface area is 227 Å². The van der Waals surface area contributed by atoms with Gasteiger partial charge in [0.2, 0.25) is 11.8 Å². The monoisotopic (exact) mass is 535 g/mol. The van der Waals surface area contributed by atoms with Gasteiger partial charge in [-0.1, -0.05) is 25.1 Å². The van der Waals surface area contributed by atoms with E-state index in [4.69, 9.17) is 4.74 Å². The molecule has 3 rings (SSSR count). The molecule has 1 unspecified atom stereocenters. The van der Waals surface area contributed by atoms with Gasteiger partial charge in [-0.3, -0.25) is 24.1 Å². The number of thiophene rings is 1. The molecule has 0 aliphatic carbocycles. The van der Waals surface area contributed by atoms with Crippen LogP contribution >= 0.6 is 11.3 Å². The highest BCUT2D eigenvalue weighted by Gasteiger charge is 2.35. The topological polar surface area (TPSA) is 105 Å². The lowest BCUT2D eigenvalue weighted by Crippen LogP contribution is -2.52. The van der Waals surface area contributed by atoms with E-state index in [0.717, 1.165) is 0 Å². The van der Waals surface area contributed by atoms with Gasteiger partial charge in [-0.25, -0.2) is 0 Å². The third kappa shape index (κ3) is 7.07. The van der Waals surface area contributed by atoms with Crippen molar-refractivity contribution < 1.29 is 23.9 Å². The summed E-state index contributed by atoms with van der Waals surface area (Å²) in [5.41, 5.74) is 0.876. The molecule has 8 nitrogen and oxygen atoms in total. The van der Waals surface area contributed by atoms with E-state index in [-0.39, 0.29) is 18.2 Å². The number of nitrogens with one attached hydrogen (secondary N) is 2. The number of anilines is 1. The average Bonchev–Trinajstić information content (AvgIpc) is 3.45. The van der Waals surface area contributed by atoms with E-state index in [0.29, 0.717) is 33.9 Å². The number of carbonyl (C=O) groups is 4. The second kappa shape index (κ2) is 12.5. The van der Waals surface area contributed by atoms with Gasteiger partial charge >= 0.3 is 0 Å². The smallest absolute Gasteiger partial charge is 0.261 e. The number of methoxy groups -OCH3 is 1. The first kappa shape index (κ1) is 28.6. The molecule has 0 radical (unpaired) electrons. The van der Waals surface area contributed by atoms with E-state index >= 15 is 0 Å². The van der Waals surface area contributed by atoms with Crippen molar-refractivity contribution in [3.63, 3.8) is 0 Å². The lowest BCUT2D eigenvalue weighted by atomic mass is 9.98. The van der Waals surface area contributed by atoms with Crippen LogP contribution in [0, 0.1) is 0 Å². The zero-order valence-corrected chi connectivity index (χ0v) is 23.1. The van der Waals surface area contributed by atoms with Crippen molar-refractivity contribution in [1.29, 1.82) is 0 Å². The highest BCUT2D eigenvalue weighted by atomic mass is 32.1. The SMILES string of the molecule is CCC(C)(C)NC(=O)C(c1cccc(OC)c1)N(C(=O)CNC(=O)c1cccs1)c1ccc(C(C)=O)cc1. The Bertz CT molecular complexity index is 1290. The lowest BCUT2D eigenvalue weighted by molar-refractivity contribution is -0.127. The van der Waals surface area contributed by atoms with Crippen molar-refractivity contribution in [1.82, 2.24) is 10.6 Å². The number of Topliss-reactive ketones (excluding diaryl/α,β-unsaturated/α-hetero) is 1. The van der Waals surface area contributed by atoms with Crippen LogP contribution in [0.1, 0.15) is 65.8 Å². The van der Waals surface area contributed by atoms with Gasteiger partial charge in [-0.05, 0) is 80.6 Å². The summed E-state index contributed by atoms with van der Waals surface area (Å²) in [5, 5.41) is 7.49. The molecule has 0 aliphatic heterocycles. The minimum absolute atomic E-state index is 0.121. The molecule has 1 aromatic heterocycles. The summed E-state index contributed by atoms with van der Waals surface area (Å²) in [6.45, 7) is 6.89. The Morgan fingerprint density at radius 1 is 1.03 bits per heavy atom. The number of carbonyl (C=O) groups excluding carboxylic acids is 4. The first-order valence-corrected chi connectivity index (χ1v) is 13.1. The molecule has 3 amide bonds. The van der Waals surface area contributed by atoms with E-state index in [1.54, 1.807) is 66.0 Å². The minimum Gasteiger partial charge on any atom is -0.497 e. The number of ketones is 1. The van der Waals surface area contributed by atoms with Crippen LogP contribution in [0.4, 0.5) is 5.69 Å². The van der Waals surface area contributed by atoms with Crippen LogP contribution in [0.15, 0.2) is 66.0 Å². The molecule has 0 fully saturated rings. The van der Waals surface area contributed by atoms with Gasteiger partial charge in [-0.15, -0.1) is 11.3 Å². The van der Waals surface area contributed by atoms with Crippen LogP contribution in [0.3, 0.4) is 0 Å². The Balaban J connectivity index is 2.08. The zero-order chi connectivity index (χ0) is 27.9. The maximum atomic E-state index is 13.9. The maximum absolute atomic E-state index is 13.9. The first-order valence-electron chi connectivity index (χ1n) is 12.3. The van der Waals surface area contributed by atoms with Crippen LogP contribution in [0.25, 0.3) is 0 Å². The number of benzene rings is 2. The molecule has 0 saturated heterocycles. The Morgan fingerprint density at radius 3 is 2.32 bits per heavy atom. The van der Waals surface area contributed by atoms with Crippen LogP contribution in [0.5, 0.6) is 5.75 Å². The van der Waals surface area contributed by atoms with Crippen molar-refractivity contribution in [2.24, 2.45) is 0 Å². The van der Waals surface area contributed by atoms with E-state index in [9.17, 15) is 19.2 Å². The molecule has 3 aromatic rings. The number of ether oxygens (including phenoxy) is 1. The Morgan fingerprint density at radius 2 is 1.74 bits per heavy atom.